The lowest BCUT2D eigenvalue weighted by molar-refractivity contribution is 0.232. The van der Waals surface area contributed by atoms with Crippen molar-refractivity contribution >= 4 is 16.1 Å². The van der Waals surface area contributed by atoms with Crippen LogP contribution in [0.4, 0.5) is 0 Å². The Hall–Kier alpha value is -1.63. The molecule has 0 saturated carbocycles. The third-order valence-electron chi connectivity index (χ3n) is 4.46. The van der Waals surface area contributed by atoms with Crippen LogP contribution in [0.5, 0.6) is 11.5 Å². The summed E-state index contributed by atoms with van der Waals surface area (Å²) in [6.07, 6.45) is 4.82. The van der Waals surface area contributed by atoms with E-state index in [1.807, 2.05) is 12.1 Å². The lowest BCUT2D eigenvalue weighted by atomic mass is 10.0. The van der Waals surface area contributed by atoms with E-state index in [0.29, 0.717) is 5.92 Å². The Morgan fingerprint density at radius 3 is 1.83 bits per heavy atom. The number of rotatable bonds is 8. The van der Waals surface area contributed by atoms with Gasteiger partial charge in [0.15, 0.2) is 0 Å². The number of unbranched alkanes of at least 4 members (excludes halogenated alkanes) is 1. The SMILES string of the molecule is CCCCC(CC)COc1cc(C#C[Si](C)(C)C)c(OC)cc1C#C[Si](C)(C)C. The van der Waals surface area contributed by atoms with Crippen LogP contribution in [0.15, 0.2) is 12.1 Å². The lowest BCUT2D eigenvalue weighted by Crippen LogP contribution is -2.17. The second-order valence-corrected chi connectivity index (χ2v) is 19.3. The molecule has 0 saturated heterocycles. The average Bonchev–Trinajstić information content (AvgIpc) is 2.63. The Morgan fingerprint density at radius 1 is 0.862 bits per heavy atom. The van der Waals surface area contributed by atoms with E-state index in [4.69, 9.17) is 9.47 Å². The number of hydrogen-bond acceptors (Lipinski definition) is 2. The minimum Gasteiger partial charge on any atom is -0.495 e. The van der Waals surface area contributed by atoms with Crippen molar-refractivity contribution < 1.29 is 9.47 Å². The Morgan fingerprint density at radius 2 is 1.38 bits per heavy atom. The fourth-order valence-corrected chi connectivity index (χ4v) is 3.68. The largest absolute Gasteiger partial charge is 0.495 e. The maximum absolute atomic E-state index is 6.33. The summed E-state index contributed by atoms with van der Waals surface area (Å²) in [5.41, 5.74) is 8.71. The summed E-state index contributed by atoms with van der Waals surface area (Å²) in [5.74, 6) is 8.92. The summed E-state index contributed by atoms with van der Waals surface area (Å²) in [6.45, 7) is 18.7. The highest BCUT2D eigenvalue weighted by molar-refractivity contribution is 6.84. The Kier molecular flexibility index (Phi) is 10.1. The van der Waals surface area contributed by atoms with Crippen LogP contribution in [0, 0.1) is 28.8 Å². The Balaban J connectivity index is 3.34. The number of hydrogen-bond donors (Lipinski definition) is 0. The minimum atomic E-state index is -1.49. The molecule has 0 aliphatic heterocycles. The normalized spacial score (nSPS) is 12.3. The first-order valence-corrected chi connectivity index (χ1v) is 17.9. The van der Waals surface area contributed by atoms with Gasteiger partial charge < -0.3 is 9.47 Å². The quantitative estimate of drug-likeness (QED) is 0.337. The molecule has 0 bridgehead atoms. The van der Waals surface area contributed by atoms with Crippen LogP contribution in [-0.2, 0) is 0 Å². The van der Waals surface area contributed by atoms with Crippen molar-refractivity contribution in [3.05, 3.63) is 23.3 Å². The van der Waals surface area contributed by atoms with E-state index in [0.717, 1.165) is 35.7 Å². The molecule has 0 amide bonds. The van der Waals surface area contributed by atoms with Crippen LogP contribution >= 0.6 is 0 Å². The van der Waals surface area contributed by atoms with E-state index in [-0.39, 0.29) is 0 Å². The first-order valence-electron chi connectivity index (χ1n) is 10.9. The summed E-state index contributed by atoms with van der Waals surface area (Å²) >= 11 is 0. The van der Waals surface area contributed by atoms with Gasteiger partial charge in [-0.3, -0.25) is 0 Å². The van der Waals surface area contributed by atoms with E-state index >= 15 is 0 Å². The van der Waals surface area contributed by atoms with Gasteiger partial charge in [0, 0.05) is 12.1 Å². The molecule has 0 fully saturated rings. The van der Waals surface area contributed by atoms with Crippen molar-refractivity contribution in [3.63, 3.8) is 0 Å². The van der Waals surface area contributed by atoms with Gasteiger partial charge in [-0.05, 0) is 12.3 Å². The highest BCUT2D eigenvalue weighted by Gasteiger charge is 2.15. The fraction of sp³-hybridized carbons (Fsp3) is 0.600. The van der Waals surface area contributed by atoms with Crippen molar-refractivity contribution in [3.8, 4) is 34.4 Å². The summed E-state index contributed by atoms with van der Waals surface area (Å²) < 4.78 is 12.0. The summed E-state index contributed by atoms with van der Waals surface area (Å²) in [7, 11) is -1.28. The van der Waals surface area contributed by atoms with Crippen LogP contribution in [0.1, 0.15) is 50.7 Å². The second-order valence-electron chi connectivity index (χ2n) is 9.78. The van der Waals surface area contributed by atoms with E-state index in [1.54, 1.807) is 7.11 Å². The van der Waals surface area contributed by atoms with Gasteiger partial charge >= 0.3 is 0 Å². The zero-order valence-corrected chi connectivity index (χ0v) is 22.1. The van der Waals surface area contributed by atoms with E-state index in [9.17, 15) is 0 Å². The molecule has 1 unspecified atom stereocenters. The van der Waals surface area contributed by atoms with Crippen molar-refractivity contribution in [2.75, 3.05) is 13.7 Å². The molecule has 4 heteroatoms. The van der Waals surface area contributed by atoms with Crippen LogP contribution in [0.3, 0.4) is 0 Å². The molecule has 0 N–H and O–H groups in total. The van der Waals surface area contributed by atoms with Gasteiger partial charge in [0.05, 0.1) is 24.8 Å². The first kappa shape index (κ1) is 25.4. The number of ether oxygens (including phenoxy) is 2. The summed E-state index contributed by atoms with van der Waals surface area (Å²) in [4.78, 5) is 0. The summed E-state index contributed by atoms with van der Waals surface area (Å²) in [5, 5.41) is 0. The van der Waals surface area contributed by atoms with Crippen LogP contribution in [0.25, 0.3) is 0 Å². The molecular formula is C25H40O2Si2. The molecule has 0 radical (unpaired) electrons. The van der Waals surface area contributed by atoms with Gasteiger partial charge in [-0.1, -0.05) is 84.2 Å². The van der Waals surface area contributed by atoms with Gasteiger partial charge in [0.2, 0.25) is 0 Å². The van der Waals surface area contributed by atoms with Gasteiger partial charge in [-0.15, -0.1) is 11.1 Å². The van der Waals surface area contributed by atoms with Crippen molar-refractivity contribution in [2.24, 2.45) is 5.92 Å². The van der Waals surface area contributed by atoms with Gasteiger partial charge in [-0.2, -0.15) is 0 Å². The molecule has 0 aliphatic rings. The second kappa shape index (κ2) is 11.5. The molecule has 2 nitrogen and oxygen atoms in total. The molecule has 0 spiro atoms. The Labute approximate surface area is 181 Å². The van der Waals surface area contributed by atoms with Crippen molar-refractivity contribution in [1.29, 1.82) is 0 Å². The third-order valence-corrected chi connectivity index (χ3v) is 6.21. The first-order chi connectivity index (χ1) is 13.5. The highest BCUT2D eigenvalue weighted by Crippen LogP contribution is 2.29. The van der Waals surface area contributed by atoms with Crippen LogP contribution in [-0.4, -0.2) is 29.9 Å². The maximum atomic E-state index is 6.33. The zero-order chi connectivity index (χ0) is 22.1. The van der Waals surface area contributed by atoms with Gasteiger partial charge in [0.25, 0.3) is 0 Å². The summed E-state index contributed by atoms with van der Waals surface area (Å²) in [6, 6.07) is 4.04. The fourth-order valence-electron chi connectivity index (χ4n) is 2.66. The smallest absolute Gasteiger partial charge is 0.136 e. The monoisotopic (exact) mass is 428 g/mol. The Bertz CT molecular complexity index is 778. The maximum Gasteiger partial charge on any atom is 0.136 e. The lowest BCUT2D eigenvalue weighted by Gasteiger charge is -2.18. The third kappa shape index (κ3) is 10.1. The van der Waals surface area contributed by atoms with Crippen molar-refractivity contribution in [2.45, 2.75) is 78.8 Å². The topological polar surface area (TPSA) is 18.5 Å². The predicted octanol–water partition coefficient (Wildman–Crippen LogP) is 6.75. The molecule has 29 heavy (non-hydrogen) atoms. The van der Waals surface area contributed by atoms with E-state index < -0.39 is 16.1 Å². The molecule has 0 aromatic heterocycles. The molecule has 0 heterocycles. The molecule has 0 aliphatic carbocycles. The van der Waals surface area contributed by atoms with E-state index in [2.05, 4.69) is 76.1 Å². The number of methoxy groups -OCH3 is 1. The molecule has 1 rings (SSSR count). The zero-order valence-electron chi connectivity index (χ0n) is 20.1. The molecule has 160 valence electrons. The van der Waals surface area contributed by atoms with Gasteiger partial charge in [0.1, 0.15) is 27.6 Å². The standard InChI is InChI=1S/C25H40O2Si2/c1-10-12-13-21(11-2)20-27-25-19-22(14-16-28(4,5)6)24(26-3)18-23(25)15-17-29(7,8)9/h18-19,21H,10-13,20H2,1-9H3. The predicted molar refractivity (Wildman–Crippen MR) is 132 cm³/mol. The van der Waals surface area contributed by atoms with Crippen molar-refractivity contribution in [1.82, 2.24) is 0 Å². The average molecular weight is 429 g/mol. The molecule has 1 aromatic rings. The minimum absolute atomic E-state index is 0.575. The number of benzene rings is 1. The molecule has 1 atom stereocenters. The van der Waals surface area contributed by atoms with E-state index in [1.165, 1.54) is 19.3 Å². The molecular weight excluding hydrogens is 388 g/mol. The highest BCUT2D eigenvalue weighted by atomic mass is 28.3. The van der Waals surface area contributed by atoms with Crippen LogP contribution in [0.2, 0.25) is 39.3 Å². The van der Waals surface area contributed by atoms with Crippen LogP contribution < -0.4 is 9.47 Å². The van der Waals surface area contributed by atoms with Gasteiger partial charge in [-0.25, -0.2) is 0 Å². The molecule has 1 aromatic carbocycles.